The first kappa shape index (κ1) is 23.2. The largest absolute Gasteiger partial charge is 0.433 e. The molecular weight excluding hydrogens is 433 g/mol. The van der Waals surface area contributed by atoms with Crippen LogP contribution in [0, 0.1) is 11.8 Å². The lowest BCUT2D eigenvalue weighted by atomic mass is 9.65. The molecule has 9 heteroatoms. The summed E-state index contributed by atoms with van der Waals surface area (Å²) in [5, 5.41) is 14.6. The molecule has 1 fully saturated rings. The monoisotopic (exact) mass is 460 g/mol. The van der Waals surface area contributed by atoms with Crippen molar-refractivity contribution in [1.29, 1.82) is 0 Å². The summed E-state index contributed by atoms with van der Waals surface area (Å²) in [4.78, 5) is 22.8. The van der Waals surface area contributed by atoms with Crippen molar-refractivity contribution in [2.45, 2.75) is 44.5 Å². The molecule has 2 aliphatic rings. The molecule has 0 radical (unpaired) electrons. The number of aromatic nitrogens is 1. The Morgan fingerprint density at radius 3 is 2.48 bits per heavy atom. The van der Waals surface area contributed by atoms with Crippen LogP contribution in [0.5, 0.6) is 0 Å². The van der Waals surface area contributed by atoms with Crippen molar-refractivity contribution in [1.82, 2.24) is 4.98 Å². The van der Waals surface area contributed by atoms with Crippen LogP contribution in [-0.4, -0.2) is 41.7 Å². The minimum Gasteiger partial charge on any atom is -0.390 e. The number of anilines is 2. The number of pyridine rings is 1. The van der Waals surface area contributed by atoms with E-state index < -0.39 is 23.4 Å². The van der Waals surface area contributed by atoms with E-state index >= 15 is 0 Å². The van der Waals surface area contributed by atoms with Crippen LogP contribution in [0.2, 0.25) is 0 Å². The number of fused-ring (bicyclic) bond motifs is 1. The Kier molecular flexibility index (Phi) is 5.72. The Morgan fingerprint density at radius 2 is 1.88 bits per heavy atom. The topological polar surface area (TPSA) is 77.8 Å². The number of carbonyl (C=O) groups is 1. The van der Waals surface area contributed by atoms with Crippen LogP contribution in [-0.2, 0) is 6.18 Å². The summed E-state index contributed by atoms with van der Waals surface area (Å²) in [6.07, 6.45) is -0.783. The van der Waals surface area contributed by atoms with Crippen molar-refractivity contribution >= 4 is 23.4 Å². The van der Waals surface area contributed by atoms with Gasteiger partial charge in [0.1, 0.15) is 11.4 Å². The Labute approximate surface area is 189 Å². The molecule has 1 atom stereocenters. The molecule has 2 N–H and O–H groups in total. The highest BCUT2D eigenvalue weighted by Crippen LogP contribution is 2.43. The Balaban J connectivity index is 1.59. The molecule has 1 aromatic heterocycles. The van der Waals surface area contributed by atoms with Gasteiger partial charge < -0.3 is 15.3 Å². The molecule has 1 aromatic carbocycles. The number of aliphatic hydroxyl groups is 1. The molecule has 0 bridgehead atoms. The van der Waals surface area contributed by atoms with Gasteiger partial charge in [0.05, 0.1) is 28.4 Å². The first-order valence-electron chi connectivity index (χ1n) is 10.8. The molecule has 1 amide bonds. The number of rotatable bonds is 5. The lowest BCUT2D eigenvalue weighted by Gasteiger charge is -2.44. The van der Waals surface area contributed by atoms with Crippen LogP contribution in [0.15, 0.2) is 35.3 Å². The molecule has 6 nitrogen and oxygen atoms in total. The summed E-state index contributed by atoms with van der Waals surface area (Å²) in [6.45, 7) is 3.66. The molecule has 4 rings (SSSR count). The second-order valence-electron chi connectivity index (χ2n) is 9.55. The van der Waals surface area contributed by atoms with Crippen LogP contribution in [0.25, 0.3) is 6.08 Å². The average Bonchev–Trinajstić information content (AvgIpc) is 3.06. The zero-order chi connectivity index (χ0) is 24.1. The van der Waals surface area contributed by atoms with E-state index in [0.29, 0.717) is 17.3 Å². The van der Waals surface area contributed by atoms with E-state index in [1.165, 1.54) is 6.07 Å². The van der Waals surface area contributed by atoms with Crippen molar-refractivity contribution in [3.63, 3.8) is 0 Å². The Bertz CT molecular complexity index is 1200. The first-order chi connectivity index (χ1) is 15.3. The molecule has 1 saturated carbocycles. The van der Waals surface area contributed by atoms with E-state index in [2.05, 4.69) is 16.4 Å². The zero-order valence-corrected chi connectivity index (χ0v) is 18.9. The van der Waals surface area contributed by atoms with Gasteiger partial charge in [0, 0.05) is 19.3 Å². The number of hydrogen-bond donors (Lipinski definition) is 2. The molecule has 1 unspecified atom stereocenters. The van der Waals surface area contributed by atoms with Gasteiger partial charge in [0.15, 0.2) is 0 Å². The van der Waals surface area contributed by atoms with E-state index in [1.807, 2.05) is 38.9 Å². The maximum absolute atomic E-state index is 13.0. The van der Waals surface area contributed by atoms with Gasteiger partial charge in [-0.25, -0.2) is 4.98 Å². The standard InChI is InChI=1S/C24H27F3N4O2/c1-23(2,33)15-8-13(9-15)17-10-14-11-19(20(31(3)4)12-18(14)28-17)30-22(32)16-6-5-7-21(29-16)24(25,26)27/h5-7,10-13,15,17,33H,8-9H2,1-4H3,(H,30,32). The number of hydrogen-bond acceptors (Lipinski definition) is 5. The summed E-state index contributed by atoms with van der Waals surface area (Å²) >= 11 is 0. The van der Waals surface area contributed by atoms with Crippen LogP contribution in [0.1, 0.15) is 42.9 Å². The quantitative estimate of drug-likeness (QED) is 0.719. The normalized spacial score (nSPS) is 22.0. The van der Waals surface area contributed by atoms with Gasteiger partial charge in [0.2, 0.25) is 0 Å². The third-order valence-corrected chi connectivity index (χ3v) is 6.44. The third kappa shape index (κ3) is 4.73. The summed E-state index contributed by atoms with van der Waals surface area (Å²) in [6, 6.07) is 6.91. The lowest BCUT2D eigenvalue weighted by molar-refractivity contribution is -0.141. The predicted molar refractivity (Wildman–Crippen MR) is 120 cm³/mol. The highest BCUT2D eigenvalue weighted by Gasteiger charge is 2.42. The molecule has 33 heavy (non-hydrogen) atoms. The fourth-order valence-corrected chi connectivity index (χ4v) is 4.36. The van der Waals surface area contributed by atoms with Crippen LogP contribution in [0.3, 0.4) is 0 Å². The van der Waals surface area contributed by atoms with Crippen molar-refractivity contribution in [3.8, 4) is 0 Å². The number of carbonyl (C=O) groups excluding carboxylic acids is 1. The molecule has 2 aromatic rings. The van der Waals surface area contributed by atoms with Gasteiger partial charge in [-0.3, -0.25) is 9.79 Å². The fraction of sp³-hybridized carbons (Fsp3) is 0.458. The number of nitrogens with zero attached hydrogens (tertiary/aromatic N) is 3. The second-order valence-corrected chi connectivity index (χ2v) is 9.55. The number of alkyl halides is 3. The second kappa shape index (κ2) is 8.13. The SMILES string of the molecule is CN(C)c1cc2c(cc1NC(=O)c1cccc(C(F)(F)F)n1)=CC(C1CC(C(C)(C)O)C1)N=2. The predicted octanol–water partition coefficient (Wildman–Crippen LogP) is 3.00. The van der Waals surface area contributed by atoms with Gasteiger partial charge in [-0.05, 0) is 62.8 Å². The van der Waals surface area contributed by atoms with E-state index in [9.17, 15) is 23.1 Å². The van der Waals surface area contributed by atoms with Gasteiger partial charge in [-0.15, -0.1) is 0 Å². The highest BCUT2D eigenvalue weighted by molar-refractivity contribution is 6.04. The maximum Gasteiger partial charge on any atom is 0.433 e. The fourth-order valence-electron chi connectivity index (χ4n) is 4.36. The first-order valence-corrected chi connectivity index (χ1v) is 10.8. The van der Waals surface area contributed by atoms with Crippen LogP contribution < -0.4 is 20.8 Å². The van der Waals surface area contributed by atoms with E-state index in [1.54, 1.807) is 6.07 Å². The van der Waals surface area contributed by atoms with E-state index in [4.69, 9.17) is 4.99 Å². The molecule has 2 heterocycles. The lowest BCUT2D eigenvalue weighted by Crippen LogP contribution is -2.43. The number of halogens is 3. The van der Waals surface area contributed by atoms with Crippen molar-refractivity contribution < 1.29 is 23.1 Å². The summed E-state index contributed by atoms with van der Waals surface area (Å²) in [7, 11) is 3.63. The molecule has 176 valence electrons. The highest BCUT2D eigenvalue weighted by atomic mass is 19.4. The van der Waals surface area contributed by atoms with Crippen molar-refractivity contribution in [3.05, 3.63) is 52.3 Å². The molecule has 0 saturated heterocycles. The summed E-state index contributed by atoms with van der Waals surface area (Å²) < 4.78 is 38.9. The maximum atomic E-state index is 13.0. The third-order valence-electron chi connectivity index (χ3n) is 6.44. The van der Waals surface area contributed by atoms with Gasteiger partial charge in [0.25, 0.3) is 5.91 Å². The smallest absolute Gasteiger partial charge is 0.390 e. The van der Waals surface area contributed by atoms with Gasteiger partial charge in [-0.1, -0.05) is 12.1 Å². The van der Waals surface area contributed by atoms with Crippen LogP contribution >= 0.6 is 0 Å². The van der Waals surface area contributed by atoms with Gasteiger partial charge >= 0.3 is 6.18 Å². The summed E-state index contributed by atoms with van der Waals surface area (Å²) in [5.41, 5.74) is -0.965. The molecule has 1 aliphatic heterocycles. The number of benzene rings is 1. The Morgan fingerprint density at radius 1 is 1.18 bits per heavy atom. The molecular formula is C24H27F3N4O2. The molecule has 1 aliphatic carbocycles. The van der Waals surface area contributed by atoms with Crippen molar-refractivity contribution in [2.75, 3.05) is 24.3 Å². The van der Waals surface area contributed by atoms with Gasteiger partial charge in [-0.2, -0.15) is 13.2 Å². The zero-order valence-electron chi connectivity index (χ0n) is 18.9. The number of nitrogens with one attached hydrogen (secondary N) is 1. The van der Waals surface area contributed by atoms with Crippen LogP contribution in [0.4, 0.5) is 24.5 Å². The average molecular weight is 461 g/mol. The summed E-state index contributed by atoms with van der Waals surface area (Å²) in [5.74, 6) is -0.117. The minimum absolute atomic E-state index is 0.00435. The van der Waals surface area contributed by atoms with E-state index in [-0.39, 0.29) is 17.7 Å². The van der Waals surface area contributed by atoms with E-state index in [0.717, 1.165) is 35.6 Å². The Hall–Kier alpha value is -2.94. The minimum atomic E-state index is -4.63. The van der Waals surface area contributed by atoms with Crippen molar-refractivity contribution in [2.24, 2.45) is 16.8 Å². The number of amides is 1. The molecule has 0 spiro atoms.